The van der Waals surface area contributed by atoms with Crippen LogP contribution in [0.15, 0.2) is 24.5 Å². The molecule has 78 valence electrons. The van der Waals surface area contributed by atoms with E-state index < -0.39 is 0 Å². The molecule has 3 nitrogen and oxygen atoms in total. The quantitative estimate of drug-likeness (QED) is 0.730. The van der Waals surface area contributed by atoms with E-state index >= 15 is 0 Å². The van der Waals surface area contributed by atoms with Gasteiger partial charge in [-0.15, -0.1) is 21.8 Å². The van der Waals surface area contributed by atoms with Crippen LogP contribution in [0.25, 0.3) is 5.69 Å². The summed E-state index contributed by atoms with van der Waals surface area (Å²) in [7, 11) is 0. The summed E-state index contributed by atoms with van der Waals surface area (Å²) in [6, 6.07) is 6.24. The van der Waals surface area contributed by atoms with Crippen molar-refractivity contribution < 1.29 is 0 Å². The first-order valence-electron chi connectivity index (χ1n) is 4.75. The zero-order valence-corrected chi connectivity index (χ0v) is 9.49. The first-order valence-corrected chi connectivity index (χ1v) is 5.28. The molecule has 0 atom stereocenters. The van der Waals surface area contributed by atoms with Crippen molar-refractivity contribution >= 4 is 11.6 Å². The molecule has 1 heterocycles. The monoisotopic (exact) mass is 221 g/mol. The normalized spacial score (nSPS) is 10.6. The molecule has 0 saturated heterocycles. The molecule has 2 rings (SSSR count). The minimum absolute atomic E-state index is 0.368. The second-order valence-corrected chi connectivity index (χ2v) is 3.79. The molecule has 0 bridgehead atoms. The highest BCUT2D eigenvalue weighted by Gasteiger charge is 2.05. The fraction of sp³-hybridized carbons (Fsp3) is 0.273. The number of nitrogens with zero attached hydrogens (tertiary/aromatic N) is 3. The fourth-order valence-corrected chi connectivity index (χ4v) is 1.62. The van der Waals surface area contributed by atoms with Crippen LogP contribution in [-0.4, -0.2) is 14.8 Å². The van der Waals surface area contributed by atoms with Crippen molar-refractivity contribution in [2.75, 3.05) is 0 Å². The Morgan fingerprint density at radius 3 is 2.73 bits per heavy atom. The summed E-state index contributed by atoms with van der Waals surface area (Å²) in [4.78, 5) is 0. The molecule has 0 unspecified atom stereocenters. The molecule has 0 amide bonds. The maximum absolute atomic E-state index is 5.77. The Bertz CT molecular complexity index is 476. The van der Waals surface area contributed by atoms with Crippen LogP contribution in [0.3, 0.4) is 0 Å². The van der Waals surface area contributed by atoms with Gasteiger partial charge in [-0.2, -0.15) is 0 Å². The van der Waals surface area contributed by atoms with Crippen LogP contribution in [0.5, 0.6) is 0 Å². The molecule has 1 aromatic heterocycles. The number of hydrogen-bond acceptors (Lipinski definition) is 2. The Balaban J connectivity index is 2.50. The van der Waals surface area contributed by atoms with Crippen LogP contribution in [0, 0.1) is 13.8 Å². The van der Waals surface area contributed by atoms with E-state index in [0.717, 1.165) is 11.5 Å². The minimum atomic E-state index is 0.368. The van der Waals surface area contributed by atoms with Gasteiger partial charge < -0.3 is 0 Å². The summed E-state index contributed by atoms with van der Waals surface area (Å²) in [5, 5.41) is 7.79. The predicted octanol–water partition coefficient (Wildman–Crippen LogP) is 2.62. The number of aryl methyl sites for hydroxylation is 2. The van der Waals surface area contributed by atoms with Crippen LogP contribution < -0.4 is 0 Å². The fourth-order valence-electron chi connectivity index (χ4n) is 1.44. The Morgan fingerprint density at radius 1 is 1.27 bits per heavy atom. The van der Waals surface area contributed by atoms with Gasteiger partial charge in [-0.05, 0) is 37.1 Å². The summed E-state index contributed by atoms with van der Waals surface area (Å²) < 4.78 is 1.90. The van der Waals surface area contributed by atoms with E-state index in [1.807, 2.05) is 10.6 Å². The largest absolute Gasteiger partial charge is 0.285 e. The first kappa shape index (κ1) is 10.2. The zero-order valence-electron chi connectivity index (χ0n) is 8.74. The van der Waals surface area contributed by atoms with Crippen LogP contribution in [-0.2, 0) is 5.88 Å². The van der Waals surface area contributed by atoms with E-state index in [9.17, 15) is 0 Å². The molecular weight excluding hydrogens is 210 g/mol. The van der Waals surface area contributed by atoms with E-state index in [4.69, 9.17) is 11.6 Å². The summed E-state index contributed by atoms with van der Waals surface area (Å²) in [5.41, 5.74) is 3.58. The summed E-state index contributed by atoms with van der Waals surface area (Å²) in [6.45, 7) is 4.18. The molecule has 0 aliphatic rings. The minimum Gasteiger partial charge on any atom is -0.285 e. The van der Waals surface area contributed by atoms with Gasteiger partial charge in [-0.3, -0.25) is 4.57 Å². The average molecular weight is 222 g/mol. The number of aromatic nitrogens is 3. The summed E-state index contributed by atoms with van der Waals surface area (Å²) in [6.07, 6.45) is 1.68. The van der Waals surface area contributed by atoms with Crippen LogP contribution in [0.2, 0.25) is 0 Å². The van der Waals surface area contributed by atoms with Crippen molar-refractivity contribution in [1.82, 2.24) is 14.8 Å². The highest BCUT2D eigenvalue weighted by atomic mass is 35.5. The lowest BCUT2D eigenvalue weighted by atomic mass is 10.1. The van der Waals surface area contributed by atoms with Crippen LogP contribution >= 0.6 is 11.6 Å². The molecular formula is C11H12ClN3. The lowest BCUT2D eigenvalue weighted by molar-refractivity contribution is 0.948. The van der Waals surface area contributed by atoms with Crippen LogP contribution in [0.1, 0.15) is 17.0 Å². The van der Waals surface area contributed by atoms with Crippen molar-refractivity contribution in [3.05, 3.63) is 41.5 Å². The molecule has 0 saturated carbocycles. The third-order valence-electron chi connectivity index (χ3n) is 2.51. The van der Waals surface area contributed by atoms with Gasteiger partial charge in [0.05, 0.1) is 5.88 Å². The highest BCUT2D eigenvalue weighted by molar-refractivity contribution is 6.16. The Hall–Kier alpha value is -1.35. The molecule has 0 radical (unpaired) electrons. The van der Waals surface area contributed by atoms with Crippen molar-refractivity contribution in [3.8, 4) is 5.69 Å². The summed E-state index contributed by atoms with van der Waals surface area (Å²) in [5.74, 6) is 1.13. The van der Waals surface area contributed by atoms with E-state index in [1.165, 1.54) is 11.1 Å². The SMILES string of the molecule is Cc1ccc(-n2cnnc2CCl)cc1C. The van der Waals surface area contributed by atoms with Gasteiger partial charge in [-0.25, -0.2) is 0 Å². The third kappa shape index (κ3) is 1.88. The number of alkyl halides is 1. The Morgan fingerprint density at radius 2 is 2.07 bits per heavy atom. The van der Waals surface area contributed by atoms with Gasteiger partial charge in [0.1, 0.15) is 6.33 Å². The molecule has 4 heteroatoms. The highest BCUT2D eigenvalue weighted by Crippen LogP contribution is 2.15. The van der Waals surface area contributed by atoms with Gasteiger partial charge in [-0.1, -0.05) is 6.07 Å². The lowest BCUT2D eigenvalue weighted by Crippen LogP contribution is -1.98. The molecule has 0 aliphatic carbocycles. The van der Waals surface area contributed by atoms with Crippen molar-refractivity contribution in [2.24, 2.45) is 0 Å². The molecule has 15 heavy (non-hydrogen) atoms. The van der Waals surface area contributed by atoms with Gasteiger partial charge in [0.15, 0.2) is 5.82 Å². The molecule has 1 aromatic carbocycles. The number of benzene rings is 1. The van der Waals surface area contributed by atoms with Crippen molar-refractivity contribution in [2.45, 2.75) is 19.7 Å². The molecule has 0 aliphatic heterocycles. The van der Waals surface area contributed by atoms with Crippen LogP contribution in [0.4, 0.5) is 0 Å². The predicted molar refractivity (Wildman–Crippen MR) is 60.4 cm³/mol. The van der Waals surface area contributed by atoms with Gasteiger partial charge in [0.2, 0.25) is 0 Å². The molecule has 2 aromatic rings. The smallest absolute Gasteiger partial charge is 0.152 e. The number of rotatable bonds is 2. The summed E-state index contributed by atoms with van der Waals surface area (Å²) >= 11 is 5.77. The van der Waals surface area contributed by atoms with Crippen molar-refractivity contribution in [1.29, 1.82) is 0 Å². The molecule has 0 N–H and O–H groups in total. The van der Waals surface area contributed by atoms with Gasteiger partial charge in [0, 0.05) is 5.69 Å². The third-order valence-corrected chi connectivity index (χ3v) is 2.75. The average Bonchev–Trinajstić information content (AvgIpc) is 2.70. The zero-order chi connectivity index (χ0) is 10.8. The lowest BCUT2D eigenvalue weighted by Gasteiger charge is -2.07. The Kier molecular flexibility index (Phi) is 2.73. The van der Waals surface area contributed by atoms with E-state index in [-0.39, 0.29) is 0 Å². The molecule has 0 spiro atoms. The van der Waals surface area contributed by atoms with E-state index in [0.29, 0.717) is 5.88 Å². The maximum Gasteiger partial charge on any atom is 0.152 e. The number of halogens is 1. The van der Waals surface area contributed by atoms with Gasteiger partial charge in [0.25, 0.3) is 0 Å². The Labute approximate surface area is 93.7 Å². The van der Waals surface area contributed by atoms with Gasteiger partial charge >= 0.3 is 0 Å². The van der Waals surface area contributed by atoms with E-state index in [2.05, 4.69) is 36.2 Å². The second-order valence-electron chi connectivity index (χ2n) is 3.52. The maximum atomic E-state index is 5.77. The van der Waals surface area contributed by atoms with E-state index in [1.54, 1.807) is 6.33 Å². The van der Waals surface area contributed by atoms with Crippen molar-refractivity contribution in [3.63, 3.8) is 0 Å². The molecule has 0 fully saturated rings. The number of hydrogen-bond donors (Lipinski definition) is 0. The standard InChI is InChI=1S/C11H12ClN3/c1-8-3-4-10(5-9(8)2)15-7-13-14-11(15)6-12/h3-5,7H,6H2,1-2H3. The topological polar surface area (TPSA) is 30.7 Å². The second kappa shape index (κ2) is 4.03. The first-order chi connectivity index (χ1) is 7.22.